The SMILES string of the molecule is C=CC[NH+](CC=C)CC(=O)O.[Cl-]. The molecule has 0 aromatic rings. The Morgan fingerprint density at radius 3 is 2.00 bits per heavy atom. The largest absolute Gasteiger partial charge is 1.00 e. The highest BCUT2D eigenvalue weighted by Crippen LogP contribution is 1.59. The fourth-order valence-electron chi connectivity index (χ4n) is 0.850. The number of carboxylic acids is 1. The topological polar surface area (TPSA) is 41.7 Å². The predicted molar refractivity (Wildman–Crippen MR) is 43.6 cm³/mol. The lowest BCUT2D eigenvalue weighted by atomic mass is 10.4. The van der Waals surface area contributed by atoms with Gasteiger partial charge in [0.25, 0.3) is 0 Å². The maximum Gasteiger partial charge on any atom is 0.359 e. The van der Waals surface area contributed by atoms with Crippen molar-refractivity contribution in [1.82, 2.24) is 0 Å². The van der Waals surface area contributed by atoms with E-state index in [0.717, 1.165) is 4.90 Å². The second-order valence-corrected chi connectivity index (χ2v) is 2.31. The van der Waals surface area contributed by atoms with Gasteiger partial charge in [-0.15, -0.1) is 0 Å². The fourth-order valence-corrected chi connectivity index (χ4v) is 0.850. The predicted octanol–water partition coefficient (Wildman–Crippen LogP) is -3.67. The number of hydrogen-bond donors (Lipinski definition) is 2. The summed E-state index contributed by atoms with van der Waals surface area (Å²) in [6, 6.07) is 0. The number of quaternary nitrogens is 1. The number of rotatable bonds is 6. The number of nitrogens with one attached hydrogen (secondary N) is 1. The maximum absolute atomic E-state index is 10.3. The van der Waals surface area contributed by atoms with E-state index in [1.165, 1.54) is 0 Å². The molecule has 0 heterocycles. The van der Waals surface area contributed by atoms with Crippen LogP contribution in [0.5, 0.6) is 0 Å². The molecular formula is C8H14ClNO2. The van der Waals surface area contributed by atoms with Crippen molar-refractivity contribution in [3.63, 3.8) is 0 Å². The molecule has 0 spiro atoms. The van der Waals surface area contributed by atoms with Gasteiger partial charge < -0.3 is 22.4 Å². The number of carbonyl (C=O) groups is 1. The van der Waals surface area contributed by atoms with E-state index in [-0.39, 0.29) is 19.0 Å². The average molecular weight is 192 g/mol. The van der Waals surface area contributed by atoms with Crippen LogP contribution >= 0.6 is 0 Å². The van der Waals surface area contributed by atoms with Crippen molar-refractivity contribution in [3.8, 4) is 0 Å². The zero-order valence-corrected chi connectivity index (χ0v) is 7.68. The van der Waals surface area contributed by atoms with Crippen LogP contribution in [0.3, 0.4) is 0 Å². The zero-order chi connectivity index (χ0) is 8.69. The van der Waals surface area contributed by atoms with Crippen LogP contribution in [0.4, 0.5) is 0 Å². The molecule has 4 heteroatoms. The summed E-state index contributed by atoms with van der Waals surface area (Å²) in [5.41, 5.74) is 0. The van der Waals surface area contributed by atoms with E-state index < -0.39 is 5.97 Å². The summed E-state index contributed by atoms with van der Waals surface area (Å²) in [6.07, 6.45) is 3.42. The molecular weight excluding hydrogens is 178 g/mol. The third kappa shape index (κ3) is 7.31. The smallest absolute Gasteiger partial charge is 0.359 e. The van der Waals surface area contributed by atoms with Crippen LogP contribution in [0.2, 0.25) is 0 Å². The lowest BCUT2D eigenvalue weighted by Crippen LogP contribution is -3.12. The van der Waals surface area contributed by atoms with Crippen molar-refractivity contribution >= 4 is 5.97 Å². The van der Waals surface area contributed by atoms with Gasteiger partial charge >= 0.3 is 5.97 Å². The Morgan fingerprint density at radius 1 is 1.33 bits per heavy atom. The minimum Gasteiger partial charge on any atom is -1.00 e. The van der Waals surface area contributed by atoms with Crippen LogP contribution in [0, 0.1) is 0 Å². The first-order chi connectivity index (χ1) is 5.20. The first kappa shape index (κ1) is 13.8. The highest BCUT2D eigenvalue weighted by molar-refractivity contribution is 5.67. The molecule has 70 valence electrons. The van der Waals surface area contributed by atoms with Crippen molar-refractivity contribution in [2.75, 3.05) is 19.6 Å². The number of aliphatic carboxylic acids is 1. The van der Waals surface area contributed by atoms with Crippen LogP contribution in [0.1, 0.15) is 0 Å². The van der Waals surface area contributed by atoms with E-state index in [9.17, 15) is 4.79 Å². The number of hydrogen-bond acceptors (Lipinski definition) is 1. The molecule has 0 bridgehead atoms. The summed E-state index contributed by atoms with van der Waals surface area (Å²) in [5, 5.41) is 8.45. The van der Waals surface area contributed by atoms with Gasteiger partial charge in [0.2, 0.25) is 0 Å². The maximum atomic E-state index is 10.3. The lowest BCUT2D eigenvalue weighted by molar-refractivity contribution is -0.880. The van der Waals surface area contributed by atoms with Gasteiger partial charge in [-0.3, -0.25) is 0 Å². The third-order valence-electron chi connectivity index (χ3n) is 1.27. The molecule has 3 nitrogen and oxygen atoms in total. The molecule has 0 saturated heterocycles. The van der Waals surface area contributed by atoms with Crippen molar-refractivity contribution < 1.29 is 27.2 Å². The van der Waals surface area contributed by atoms with Gasteiger partial charge in [-0.2, -0.15) is 0 Å². The van der Waals surface area contributed by atoms with Gasteiger partial charge in [-0.25, -0.2) is 4.79 Å². The van der Waals surface area contributed by atoms with Crippen molar-refractivity contribution in [2.24, 2.45) is 0 Å². The molecule has 0 rings (SSSR count). The number of halogens is 1. The Hall–Kier alpha value is -0.800. The normalized spacial score (nSPS) is 8.75. The highest BCUT2D eigenvalue weighted by atomic mass is 35.5. The van der Waals surface area contributed by atoms with Gasteiger partial charge in [0.1, 0.15) is 0 Å². The van der Waals surface area contributed by atoms with Gasteiger partial charge in [-0.1, -0.05) is 13.2 Å². The summed E-state index contributed by atoms with van der Waals surface area (Å²) < 4.78 is 0. The molecule has 2 N–H and O–H groups in total. The van der Waals surface area contributed by atoms with Gasteiger partial charge in [0, 0.05) is 0 Å². The molecule has 0 aromatic carbocycles. The van der Waals surface area contributed by atoms with Crippen molar-refractivity contribution in [1.29, 1.82) is 0 Å². The molecule has 0 aromatic heterocycles. The molecule has 0 unspecified atom stereocenters. The van der Waals surface area contributed by atoms with Crippen LogP contribution in [0.15, 0.2) is 25.3 Å². The van der Waals surface area contributed by atoms with E-state index in [4.69, 9.17) is 5.11 Å². The molecule has 0 radical (unpaired) electrons. The minimum absolute atomic E-state index is 0. The van der Waals surface area contributed by atoms with Crippen LogP contribution in [-0.2, 0) is 4.79 Å². The monoisotopic (exact) mass is 191 g/mol. The minimum atomic E-state index is -0.788. The van der Waals surface area contributed by atoms with Crippen LogP contribution < -0.4 is 17.3 Å². The molecule has 0 atom stereocenters. The Morgan fingerprint density at radius 2 is 1.75 bits per heavy atom. The van der Waals surface area contributed by atoms with Gasteiger partial charge in [0.05, 0.1) is 13.1 Å². The van der Waals surface area contributed by atoms with Crippen LogP contribution in [0.25, 0.3) is 0 Å². The van der Waals surface area contributed by atoms with Crippen molar-refractivity contribution in [3.05, 3.63) is 25.3 Å². The van der Waals surface area contributed by atoms with Gasteiger partial charge in [0.15, 0.2) is 6.54 Å². The quantitative estimate of drug-likeness (QED) is 0.425. The molecule has 0 fully saturated rings. The van der Waals surface area contributed by atoms with E-state index >= 15 is 0 Å². The second-order valence-electron chi connectivity index (χ2n) is 2.31. The molecule has 0 aliphatic heterocycles. The summed E-state index contributed by atoms with van der Waals surface area (Å²) in [5.74, 6) is -0.788. The van der Waals surface area contributed by atoms with Crippen LogP contribution in [-0.4, -0.2) is 30.7 Å². The molecule has 0 saturated carbocycles. The Kier molecular flexibility index (Phi) is 9.52. The first-order valence-electron chi connectivity index (χ1n) is 3.47. The molecule has 0 aliphatic rings. The molecule has 0 amide bonds. The third-order valence-corrected chi connectivity index (χ3v) is 1.27. The Balaban J connectivity index is 0. The lowest BCUT2D eigenvalue weighted by Gasteiger charge is -2.12. The van der Waals surface area contributed by atoms with E-state index in [1.54, 1.807) is 12.2 Å². The molecule has 12 heavy (non-hydrogen) atoms. The summed E-state index contributed by atoms with van der Waals surface area (Å²) >= 11 is 0. The fraction of sp³-hybridized carbons (Fsp3) is 0.375. The number of carboxylic acid groups (broad SMARTS) is 1. The van der Waals surface area contributed by atoms with Gasteiger partial charge in [-0.05, 0) is 12.2 Å². The summed E-state index contributed by atoms with van der Waals surface area (Å²) in [6.45, 7) is 8.54. The second kappa shape index (κ2) is 8.30. The first-order valence-corrected chi connectivity index (χ1v) is 3.47. The van der Waals surface area contributed by atoms with Crippen molar-refractivity contribution in [2.45, 2.75) is 0 Å². The molecule has 0 aliphatic carbocycles. The highest BCUT2D eigenvalue weighted by Gasteiger charge is 2.08. The average Bonchev–Trinajstić information content (AvgIpc) is 1.87. The van der Waals surface area contributed by atoms with E-state index in [0.29, 0.717) is 13.1 Å². The summed E-state index contributed by atoms with van der Waals surface area (Å²) in [7, 11) is 0. The van der Waals surface area contributed by atoms with E-state index in [2.05, 4.69) is 13.2 Å². The Bertz CT molecular complexity index is 149. The zero-order valence-electron chi connectivity index (χ0n) is 6.92. The summed E-state index contributed by atoms with van der Waals surface area (Å²) in [4.78, 5) is 11.2. The Labute approximate surface area is 78.8 Å². The van der Waals surface area contributed by atoms with E-state index in [1.807, 2.05) is 0 Å². The standard InChI is InChI=1S/C8H13NO2.ClH/c1-3-5-9(6-4-2)7-8(10)11;/h3-4H,1-2,5-7H2,(H,10,11);1H.